The fourth-order valence-electron chi connectivity index (χ4n) is 3.23. The van der Waals surface area contributed by atoms with Crippen LogP contribution in [0.2, 0.25) is 0 Å². The fourth-order valence-corrected chi connectivity index (χ4v) is 4.72. The number of pyridine rings is 1. The van der Waals surface area contributed by atoms with E-state index < -0.39 is 16.1 Å². The van der Waals surface area contributed by atoms with Crippen molar-refractivity contribution in [2.75, 3.05) is 13.7 Å². The van der Waals surface area contributed by atoms with E-state index in [2.05, 4.69) is 15.0 Å². The summed E-state index contributed by atoms with van der Waals surface area (Å²) in [6.07, 6.45) is 2.38. The first-order chi connectivity index (χ1) is 14.6. The Morgan fingerprint density at radius 1 is 1.25 bits per heavy atom. The molecule has 1 aromatic carbocycles. The summed E-state index contributed by atoms with van der Waals surface area (Å²) in [7, 11) is -2.42. The summed E-state index contributed by atoms with van der Waals surface area (Å²) in [5.74, 6) is 0.00726. The SMILES string of the molecule is COc1cc(C)c(S(=O)(=O)NC(=N)NCCCC(N)C(=O)c2ccccn2)c(C)c1C.Cl. The van der Waals surface area contributed by atoms with Crippen LogP contribution in [0.1, 0.15) is 40.0 Å². The smallest absolute Gasteiger partial charge is 0.264 e. The molecule has 1 atom stereocenters. The van der Waals surface area contributed by atoms with Crippen LogP contribution >= 0.6 is 12.4 Å². The van der Waals surface area contributed by atoms with Gasteiger partial charge in [-0.15, -0.1) is 12.4 Å². The molecule has 2 rings (SSSR count). The Kier molecular flexibility index (Phi) is 10.1. The van der Waals surface area contributed by atoms with E-state index in [1.54, 1.807) is 45.0 Å². The van der Waals surface area contributed by atoms with Crippen LogP contribution in [-0.4, -0.2) is 44.8 Å². The van der Waals surface area contributed by atoms with E-state index in [9.17, 15) is 13.2 Å². The molecule has 2 aromatic rings. The lowest BCUT2D eigenvalue weighted by Crippen LogP contribution is -2.41. The number of benzene rings is 1. The third kappa shape index (κ3) is 6.65. The molecule has 0 saturated carbocycles. The predicted octanol–water partition coefficient (Wildman–Crippen LogP) is 2.23. The van der Waals surface area contributed by atoms with Gasteiger partial charge < -0.3 is 15.8 Å². The first kappa shape index (κ1) is 27.3. The fraction of sp³-hybridized carbons (Fsp3) is 0.381. The van der Waals surface area contributed by atoms with Gasteiger partial charge in [0.15, 0.2) is 5.78 Å². The normalized spacial score (nSPS) is 11.8. The van der Waals surface area contributed by atoms with Crippen molar-refractivity contribution in [2.24, 2.45) is 5.73 Å². The van der Waals surface area contributed by atoms with Crippen LogP contribution in [0.5, 0.6) is 5.75 Å². The third-order valence-corrected chi connectivity index (χ3v) is 6.59. The zero-order valence-corrected chi connectivity index (χ0v) is 20.2. The molecule has 0 aliphatic rings. The molecule has 0 aliphatic heterocycles. The Morgan fingerprint density at radius 2 is 1.94 bits per heavy atom. The van der Waals surface area contributed by atoms with Crippen LogP contribution in [0, 0.1) is 26.2 Å². The summed E-state index contributed by atoms with van der Waals surface area (Å²) in [4.78, 5) is 16.3. The van der Waals surface area contributed by atoms with E-state index in [1.165, 1.54) is 13.3 Å². The van der Waals surface area contributed by atoms with E-state index in [1.807, 2.05) is 0 Å². The van der Waals surface area contributed by atoms with Gasteiger partial charge in [0, 0.05) is 12.7 Å². The number of hydrogen-bond donors (Lipinski definition) is 4. The van der Waals surface area contributed by atoms with Crippen LogP contribution in [0.4, 0.5) is 0 Å². The number of carbonyl (C=O) groups is 1. The molecule has 9 nitrogen and oxygen atoms in total. The highest BCUT2D eigenvalue weighted by molar-refractivity contribution is 7.90. The minimum Gasteiger partial charge on any atom is -0.496 e. The molecule has 0 aliphatic carbocycles. The van der Waals surface area contributed by atoms with Crippen molar-refractivity contribution in [3.05, 3.63) is 52.8 Å². The second-order valence-electron chi connectivity index (χ2n) is 7.21. The van der Waals surface area contributed by atoms with Gasteiger partial charge in [-0.3, -0.25) is 15.2 Å². The number of hydrogen-bond acceptors (Lipinski definition) is 7. The molecule has 1 unspecified atom stereocenters. The first-order valence-electron chi connectivity index (χ1n) is 9.79. The second kappa shape index (κ2) is 11.8. The Labute approximate surface area is 195 Å². The summed E-state index contributed by atoms with van der Waals surface area (Å²) in [5.41, 5.74) is 8.05. The van der Waals surface area contributed by atoms with Gasteiger partial charge in [-0.25, -0.2) is 13.1 Å². The zero-order valence-electron chi connectivity index (χ0n) is 18.6. The van der Waals surface area contributed by atoms with Gasteiger partial charge in [-0.2, -0.15) is 0 Å². The molecule has 0 spiro atoms. The number of aryl methyl sites for hydroxylation is 1. The number of aromatic nitrogens is 1. The van der Waals surface area contributed by atoms with Crippen molar-refractivity contribution >= 4 is 34.2 Å². The number of ketones is 1. The monoisotopic (exact) mass is 483 g/mol. The molecule has 0 amide bonds. The third-order valence-electron chi connectivity index (χ3n) is 4.95. The summed E-state index contributed by atoms with van der Waals surface area (Å²) in [6.45, 7) is 5.45. The number of methoxy groups -OCH3 is 1. The number of nitrogens with one attached hydrogen (secondary N) is 3. The Balaban J connectivity index is 0.00000512. The molecular formula is C21H30ClN5O4S. The summed E-state index contributed by atoms with van der Waals surface area (Å²) >= 11 is 0. The molecule has 0 radical (unpaired) electrons. The Bertz CT molecular complexity index is 1060. The maximum absolute atomic E-state index is 12.8. The van der Waals surface area contributed by atoms with Crippen LogP contribution in [-0.2, 0) is 10.0 Å². The van der Waals surface area contributed by atoms with Gasteiger partial charge >= 0.3 is 0 Å². The summed E-state index contributed by atoms with van der Waals surface area (Å²) < 4.78 is 33.2. The van der Waals surface area contributed by atoms with Crippen molar-refractivity contribution in [3.63, 3.8) is 0 Å². The van der Waals surface area contributed by atoms with Gasteiger partial charge in [0.1, 0.15) is 11.4 Å². The number of guanidine groups is 1. The molecule has 1 heterocycles. The highest BCUT2D eigenvalue weighted by Crippen LogP contribution is 2.30. The molecule has 1 aromatic heterocycles. The maximum Gasteiger partial charge on any atom is 0.264 e. The molecule has 0 fully saturated rings. The number of nitrogens with zero attached hydrogens (tertiary/aromatic N) is 1. The number of nitrogens with two attached hydrogens (primary N) is 1. The number of sulfonamides is 1. The van der Waals surface area contributed by atoms with Crippen molar-refractivity contribution in [1.82, 2.24) is 15.0 Å². The number of halogens is 1. The lowest BCUT2D eigenvalue weighted by atomic mass is 10.0. The number of rotatable bonds is 9. The van der Waals surface area contributed by atoms with Crippen molar-refractivity contribution in [1.29, 1.82) is 5.41 Å². The molecule has 11 heteroatoms. The standard InChI is InChI=1S/C21H29N5O4S.ClH/c1-13-12-18(30-4)14(2)15(3)20(13)31(28,29)26-21(23)25-11-7-8-16(22)19(27)17-9-5-6-10-24-17;/h5-6,9-10,12,16H,7-8,11,22H2,1-4H3,(H3,23,25,26);1H. The summed E-state index contributed by atoms with van der Waals surface area (Å²) in [5, 5.41) is 10.6. The number of Topliss-reactive ketones (excluding diaryl/α,β-unsaturated/α-hetero) is 1. The van der Waals surface area contributed by atoms with Crippen LogP contribution in [0.15, 0.2) is 35.4 Å². The quantitative estimate of drug-likeness (QED) is 0.185. The second-order valence-corrected chi connectivity index (χ2v) is 8.83. The topological polar surface area (TPSA) is 147 Å². The molecular weight excluding hydrogens is 454 g/mol. The predicted molar refractivity (Wildman–Crippen MR) is 126 cm³/mol. The van der Waals surface area contributed by atoms with E-state index in [0.29, 0.717) is 35.4 Å². The van der Waals surface area contributed by atoms with E-state index >= 15 is 0 Å². The van der Waals surface area contributed by atoms with Crippen LogP contribution in [0.3, 0.4) is 0 Å². The average Bonchev–Trinajstić information content (AvgIpc) is 2.73. The van der Waals surface area contributed by atoms with Gasteiger partial charge in [-0.1, -0.05) is 6.07 Å². The van der Waals surface area contributed by atoms with Crippen molar-refractivity contribution < 1.29 is 17.9 Å². The zero-order chi connectivity index (χ0) is 23.2. The Hall–Kier alpha value is -2.69. The van der Waals surface area contributed by atoms with Crippen LogP contribution in [0.25, 0.3) is 0 Å². The van der Waals surface area contributed by atoms with Gasteiger partial charge in [0.2, 0.25) is 5.96 Å². The largest absolute Gasteiger partial charge is 0.496 e. The minimum absolute atomic E-state index is 0. The van der Waals surface area contributed by atoms with E-state index in [4.69, 9.17) is 15.9 Å². The molecule has 32 heavy (non-hydrogen) atoms. The van der Waals surface area contributed by atoms with Gasteiger partial charge in [0.05, 0.1) is 18.0 Å². The summed E-state index contributed by atoms with van der Waals surface area (Å²) in [6, 6.07) is 5.99. The Morgan fingerprint density at radius 3 is 2.53 bits per heavy atom. The molecule has 0 bridgehead atoms. The maximum atomic E-state index is 12.8. The van der Waals surface area contributed by atoms with Crippen LogP contribution < -0.4 is 20.5 Å². The molecule has 5 N–H and O–H groups in total. The van der Waals surface area contributed by atoms with E-state index in [-0.39, 0.29) is 35.6 Å². The first-order valence-corrected chi connectivity index (χ1v) is 11.3. The number of ether oxygens (including phenoxy) is 1. The van der Waals surface area contributed by atoms with Gasteiger partial charge in [-0.05, 0) is 68.5 Å². The molecule has 176 valence electrons. The van der Waals surface area contributed by atoms with Gasteiger partial charge in [0.25, 0.3) is 10.0 Å². The molecule has 0 saturated heterocycles. The highest BCUT2D eigenvalue weighted by atomic mass is 35.5. The minimum atomic E-state index is -3.95. The average molecular weight is 484 g/mol. The highest BCUT2D eigenvalue weighted by Gasteiger charge is 2.24. The van der Waals surface area contributed by atoms with Crippen molar-refractivity contribution in [2.45, 2.75) is 44.6 Å². The lowest BCUT2D eigenvalue weighted by Gasteiger charge is -2.18. The van der Waals surface area contributed by atoms with E-state index in [0.717, 1.165) is 5.56 Å². The number of carbonyl (C=O) groups excluding carboxylic acids is 1. The lowest BCUT2D eigenvalue weighted by molar-refractivity contribution is 0.0951. The van der Waals surface area contributed by atoms with Crippen molar-refractivity contribution in [3.8, 4) is 5.75 Å².